The molecule has 21 heavy (non-hydrogen) atoms. The van der Waals surface area contributed by atoms with Crippen LogP contribution in [0.2, 0.25) is 0 Å². The molecule has 1 unspecified atom stereocenters. The summed E-state index contributed by atoms with van der Waals surface area (Å²) in [6.45, 7) is 4.96. The molecule has 0 aromatic carbocycles. The molecule has 0 saturated heterocycles. The summed E-state index contributed by atoms with van der Waals surface area (Å²) in [5.74, 6) is 2.36. The first kappa shape index (κ1) is 15.7. The van der Waals surface area contributed by atoms with Crippen molar-refractivity contribution >= 4 is 0 Å². The van der Waals surface area contributed by atoms with Crippen LogP contribution < -0.4 is 0 Å². The highest BCUT2D eigenvalue weighted by molar-refractivity contribution is 5.27. The summed E-state index contributed by atoms with van der Waals surface area (Å²) in [5, 5.41) is 0. The summed E-state index contributed by atoms with van der Waals surface area (Å²) in [4.78, 5) is 11.4. The smallest absolute Gasteiger partial charge is 0.142 e. The van der Waals surface area contributed by atoms with Crippen molar-refractivity contribution in [1.29, 1.82) is 0 Å². The molecule has 0 spiro atoms. The molecular weight excluding hydrogens is 262 g/mol. The number of aryl methyl sites for hydroxylation is 2. The Balaban J connectivity index is 2.11. The molecule has 1 aliphatic carbocycles. The van der Waals surface area contributed by atoms with Crippen molar-refractivity contribution in [3.8, 4) is 0 Å². The minimum atomic E-state index is 0.504. The van der Waals surface area contributed by atoms with Crippen molar-refractivity contribution in [2.75, 3.05) is 21.2 Å². The highest BCUT2D eigenvalue weighted by atomic mass is 16.5. The van der Waals surface area contributed by atoms with E-state index in [0.29, 0.717) is 5.92 Å². The van der Waals surface area contributed by atoms with Crippen molar-refractivity contribution < 1.29 is 4.74 Å². The molecule has 1 aliphatic rings. The van der Waals surface area contributed by atoms with Gasteiger partial charge in [0.1, 0.15) is 11.6 Å². The molecule has 0 amide bonds. The lowest BCUT2D eigenvalue weighted by atomic mass is 9.91. The lowest BCUT2D eigenvalue weighted by Gasteiger charge is -2.18. The SMILES string of the molecule is COC1=CCC(Cc2c(C)nc(CN(C)C)nc2C)C=C1. The number of ether oxygens (including phenoxy) is 1. The van der Waals surface area contributed by atoms with Crippen molar-refractivity contribution in [2.45, 2.75) is 33.2 Å². The number of nitrogens with zero attached hydrogens (tertiary/aromatic N) is 3. The van der Waals surface area contributed by atoms with Gasteiger partial charge in [-0.15, -0.1) is 0 Å². The third-order valence-corrected chi connectivity index (χ3v) is 3.78. The molecular formula is C17H25N3O. The van der Waals surface area contributed by atoms with E-state index in [2.05, 4.69) is 46.9 Å². The van der Waals surface area contributed by atoms with Gasteiger partial charge in [0, 0.05) is 11.4 Å². The van der Waals surface area contributed by atoms with Crippen LogP contribution in [0.15, 0.2) is 24.0 Å². The highest BCUT2D eigenvalue weighted by Gasteiger charge is 2.15. The molecule has 0 aliphatic heterocycles. The molecule has 0 saturated carbocycles. The summed E-state index contributed by atoms with van der Waals surface area (Å²) in [7, 11) is 5.78. The van der Waals surface area contributed by atoms with Gasteiger partial charge in [0.25, 0.3) is 0 Å². The van der Waals surface area contributed by atoms with Gasteiger partial charge in [0.15, 0.2) is 0 Å². The summed E-state index contributed by atoms with van der Waals surface area (Å²) < 4.78 is 5.23. The molecule has 1 aromatic heterocycles. The summed E-state index contributed by atoms with van der Waals surface area (Å²) in [5.41, 5.74) is 3.49. The van der Waals surface area contributed by atoms with Crippen LogP contribution in [0.4, 0.5) is 0 Å². The normalized spacial score (nSPS) is 18.0. The minimum Gasteiger partial charge on any atom is -0.497 e. The average Bonchev–Trinajstić information content (AvgIpc) is 2.43. The van der Waals surface area contributed by atoms with Crippen molar-refractivity contribution in [1.82, 2.24) is 14.9 Å². The van der Waals surface area contributed by atoms with E-state index in [0.717, 1.165) is 42.4 Å². The second kappa shape index (κ2) is 6.85. The van der Waals surface area contributed by atoms with Gasteiger partial charge in [-0.05, 0) is 64.4 Å². The highest BCUT2D eigenvalue weighted by Crippen LogP contribution is 2.23. The molecule has 2 rings (SSSR count). The van der Waals surface area contributed by atoms with Crippen LogP contribution in [0.3, 0.4) is 0 Å². The van der Waals surface area contributed by atoms with Crippen LogP contribution in [0.25, 0.3) is 0 Å². The monoisotopic (exact) mass is 287 g/mol. The lowest BCUT2D eigenvalue weighted by molar-refractivity contribution is 0.301. The van der Waals surface area contributed by atoms with E-state index < -0.39 is 0 Å². The summed E-state index contributed by atoms with van der Waals surface area (Å²) >= 11 is 0. The number of rotatable bonds is 5. The third kappa shape index (κ3) is 4.14. The van der Waals surface area contributed by atoms with E-state index >= 15 is 0 Å². The Labute approximate surface area is 127 Å². The molecule has 0 N–H and O–H groups in total. The van der Waals surface area contributed by atoms with Gasteiger partial charge in [-0.1, -0.05) is 6.08 Å². The maximum absolute atomic E-state index is 5.23. The average molecular weight is 287 g/mol. The number of methoxy groups -OCH3 is 1. The van der Waals surface area contributed by atoms with Gasteiger partial charge in [0.2, 0.25) is 0 Å². The standard InChI is InChI=1S/C17H25N3O/c1-12-16(10-14-6-8-15(21-5)9-7-14)13(2)19-17(18-12)11-20(3)4/h6,8-9,14H,7,10-11H2,1-5H3. The summed E-state index contributed by atoms with van der Waals surface area (Å²) in [6, 6.07) is 0. The molecule has 0 radical (unpaired) electrons. The number of aromatic nitrogens is 2. The first-order valence-corrected chi connectivity index (χ1v) is 7.39. The predicted octanol–water partition coefficient (Wildman–Crippen LogP) is 2.80. The van der Waals surface area contributed by atoms with Crippen LogP contribution in [0.5, 0.6) is 0 Å². The topological polar surface area (TPSA) is 38.2 Å². The van der Waals surface area contributed by atoms with Crippen molar-refractivity contribution in [3.63, 3.8) is 0 Å². The van der Waals surface area contributed by atoms with E-state index in [-0.39, 0.29) is 0 Å². The number of allylic oxidation sites excluding steroid dienone is 3. The first-order valence-electron chi connectivity index (χ1n) is 7.39. The second-order valence-corrected chi connectivity index (χ2v) is 5.90. The molecule has 114 valence electrons. The summed E-state index contributed by atoms with van der Waals surface area (Å²) in [6.07, 6.45) is 8.43. The Morgan fingerprint density at radius 1 is 1.24 bits per heavy atom. The predicted molar refractivity (Wildman–Crippen MR) is 84.9 cm³/mol. The second-order valence-electron chi connectivity index (χ2n) is 5.90. The zero-order chi connectivity index (χ0) is 15.4. The number of hydrogen-bond donors (Lipinski definition) is 0. The fraction of sp³-hybridized carbons (Fsp3) is 0.529. The Bertz CT molecular complexity index is 538. The Morgan fingerprint density at radius 2 is 1.90 bits per heavy atom. The van der Waals surface area contributed by atoms with Crippen molar-refractivity contribution in [3.05, 3.63) is 46.8 Å². The molecule has 0 fully saturated rings. The molecule has 0 bridgehead atoms. The van der Waals surface area contributed by atoms with Gasteiger partial charge in [-0.2, -0.15) is 0 Å². The van der Waals surface area contributed by atoms with E-state index in [9.17, 15) is 0 Å². The zero-order valence-corrected chi connectivity index (χ0v) is 13.7. The van der Waals surface area contributed by atoms with Crippen LogP contribution in [0, 0.1) is 19.8 Å². The Morgan fingerprint density at radius 3 is 2.38 bits per heavy atom. The van der Waals surface area contributed by atoms with E-state index in [1.807, 2.05) is 14.1 Å². The molecule has 1 atom stereocenters. The maximum Gasteiger partial charge on any atom is 0.142 e. The Hall–Kier alpha value is -1.68. The van der Waals surface area contributed by atoms with Gasteiger partial charge in [-0.25, -0.2) is 9.97 Å². The Kier molecular flexibility index (Phi) is 5.12. The quantitative estimate of drug-likeness (QED) is 0.834. The van der Waals surface area contributed by atoms with Crippen LogP contribution in [-0.4, -0.2) is 36.1 Å². The van der Waals surface area contributed by atoms with E-state index in [1.54, 1.807) is 7.11 Å². The van der Waals surface area contributed by atoms with E-state index in [1.165, 1.54) is 5.56 Å². The fourth-order valence-electron chi connectivity index (χ4n) is 2.67. The molecule has 4 heteroatoms. The van der Waals surface area contributed by atoms with E-state index in [4.69, 9.17) is 4.74 Å². The fourth-order valence-corrected chi connectivity index (χ4v) is 2.67. The zero-order valence-electron chi connectivity index (χ0n) is 13.7. The maximum atomic E-state index is 5.23. The minimum absolute atomic E-state index is 0.504. The first-order chi connectivity index (χ1) is 9.99. The van der Waals surface area contributed by atoms with Gasteiger partial charge in [0.05, 0.1) is 13.7 Å². The third-order valence-electron chi connectivity index (χ3n) is 3.78. The van der Waals surface area contributed by atoms with Gasteiger partial charge >= 0.3 is 0 Å². The van der Waals surface area contributed by atoms with Crippen LogP contribution in [0.1, 0.15) is 29.2 Å². The van der Waals surface area contributed by atoms with Gasteiger partial charge in [-0.3, -0.25) is 0 Å². The largest absolute Gasteiger partial charge is 0.497 e. The molecule has 1 heterocycles. The van der Waals surface area contributed by atoms with Crippen LogP contribution in [-0.2, 0) is 17.7 Å². The van der Waals surface area contributed by atoms with Gasteiger partial charge < -0.3 is 9.64 Å². The lowest BCUT2D eigenvalue weighted by Crippen LogP contribution is -2.16. The van der Waals surface area contributed by atoms with Crippen molar-refractivity contribution in [2.24, 2.45) is 5.92 Å². The number of hydrogen-bond acceptors (Lipinski definition) is 4. The molecule has 1 aromatic rings. The molecule has 4 nitrogen and oxygen atoms in total. The van der Waals surface area contributed by atoms with Crippen LogP contribution >= 0.6 is 0 Å².